The number of hydrogen-bond acceptors (Lipinski definition) is 4. The SMILES string of the molecule is O=C(CCCc1ccccc1)N1CCN(C(=O)c2ccccc2CSc2nc3ccccc3[nH]2)CC1. The van der Waals surface area contributed by atoms with Gasteiger partial charge in [0.2, 0.25) is 5.91 Å². The lowest BCUT2D eigenvalue weighted by atomic mass is 10.1. The number of para-hydroxylation sites is 2. The van der Waals surface area contributed by atoms with Gasteiger partial charge < -0.3 is 14.8 Å². The Kier molecular flexibility index (Phi) is 7.67. The molecule has 184 valence electrons. The van der Waals surface area contributed by atoms with Crippen molar-refractivity contribution in [3.63, 3.8) is 0 Å². The molecule has 0 bridgehead atoms. The van der Waals surface area contributed by atoms with E-state index in [-0.39, 0.29) is 11.8 Å². The van der Waals surface area contributed by atoms with Crippen molar-refractivity contribution in [2.75, 3.05) is 26.2 Å². The van der Waals surface area contributed by atoms with Crippen LogP contribution in [0.5, 0.6) is 0 Å². The number of fused-ring (bicyclic) bond motifs is 1. The van der Waals surface area contributed by atoms with E-state index in [9.17, 15) is 9.59 Å². The molecule has 0 radical (unpaired) electrons. The van der Waals surface area contributed by atoms with Crippen LogP contribution in [0.25, 0.3) is 11.0 Å². The smallest absolute Gasteiger partial charge is 0.254 e. The molecule has 0 unspecified atom stereocenters. The van der Waals surface area contributed by atoms with Crippen LogP contribution in [0.2, 0.25) is 0 Å². The summed E-state index contributed by atoms with van der Waals surface area (Å²) in [5.41, 5.74) is 4.93. The zero-order valence-electron chi connectivity index (χ0n) is 20.2. The highest BCUT2D eigenvalue weighted by atomic mass is 32.2. The third kappa shape index (κ3) is 5.79. The Morgan fingerprint density at radius 3 is 2.33 bits per heavy atom. The van der Waals surface area contributed by atoms with E-state index in [4.69, 9.17) is 0 Å². The fraction of sp³-hybridized carbons (Fsp3) is 0.276. The minimum Gasteiger partial charge on any atom is -0.339 e. The molecule has 5 rings (SSSR count). The number of imidazole rings is 1. The number of nitrogens with one attached hydrogen (secondary N) is 1. The second kappa shape index (κ2) is 11.4. The lowest BCUT2D eigenvalue weighted by Gasteiger charge is -2.35. The van der Waals surface area contributed by atoms with Crippen molar-refractivity contribution >= 4 is 34.6 Å². The number of thioether (sulfide) groups is 1. The van der Waals surface area contributed by atoms with Crippen LogP contribution in [-0.2, 0) is 17.0 Å². The summed E-state index contributed by atoms with van der Waals surface area (Å²) in [5.74, 6) is 0.870. The summed E-state index contributed by atoms with van der Waals surface area (Å²) in [6, 6.07) is 26.0. The van der Waals surface area contributed by atoms with Gasteiger partial charge in [0.1, 0.15) is 0 Å². The monoisotopic (exact) mass is 498 g/mol. The number of rotatable bonds is 8. The van der Waals surface area contributed by atoms with Crippen molar-refractivity contribution in [1.82, 2.24) is 19.8 Å². The summed E-state index contributed by atoms with van der Waals surface area (Å²) >= 11 is 1.60. The van der Waals surface area contributed by atoms with Gasteiger partial charge in [0, 0.05) is 43.9 Å². The van der Waals surface area contributed by atoms with Crippen LogP contribution in [0.3, 0.4) is 0 Å². The van der Waals surface area contributed by atoms with Crippen molar-refractivity contribution in [2.45, 2.75) is 30.2 Å². The number of H-pyrrole nitrogens is 1. The van der Waals surface area contributed by atoms with Crippen molar-refractivity contribution in [2.24, 2.45) is 0 Å². The van der Waals surface area contributed by atoms with Gasteiger partial charge in [-0.3, -0.25) is 9.59 Å². The summed E-state index contributed by atoms with van der Waals surface area (Å²) in [6.45, 7) is 2.31. The molecule has 7 heteroatoms. The maximum atomic E-state index is 13.4. The predicted octanol–water partition coefficient (Wildman–Crippen LogP) is 5.16. The van der Waals surface area contributed by atoms with E-state index >= 15 is 0 Å². The topological polar surface area (TPSA) is 69.3 Å². The van der Waals surface area contributed by atoms with Gasteiger partial charge in [0.25, 0.3) is 5.91 Å². The lowest BCUT2D eigenvalue weighted by Crippen LogP contribution is -2.50. The Morgan fingerprint density at radius 1 is 0.833 bits per heavy atom. The van der Waals surface area contributed by atoms with Gasteiger partial charge in [-0.05, 0) is 42.2 Å². The molecule has 36 heavy (non-hydrogen) atoms. The molecule has 2 amide bonds. The molecular formula is C29H30N4O2S. The maximum Gasteiger partial charge on any atom is 0.254 e. The van der Waals surface area contributed by atoms with E-state index in [1.165, 1.54) is 5.56 Å². The molecule has 6 nitrogen and oxygen atoms in total. The third-order valence-corrected chi connectivity index (χ3v) is 7.52. The largest absolute Gasteiger partial charge is 0.339 e. The quantitative estimate of drug-likeness (QED) is 0.341. The van der Waals surface area contributed by atoms with Crippen molar-refractivity contribution in [3.8, 4) is 0 Å². The molecule has 4 aromatic rings. The van der Waals surface area contributed by atoms with Crippen molar-refractivity contribution in [1.29, 1.82) is 0 Å². The number of aryl methyl sites for hydroxylation is 1. The van der Waals surface area contributed by atoms with Crippen LogP contribution in [0.4, 0.5) is 0 Å². The minimum atomic E-state index is 0.0342. The second-order valence-corrected chi connectivity index (χ2v) is 9.98. The molecule has 1 fully saturated rings. The minimum absolute atomic E-state index is 0.0342. The highest BCUT2D eigenvalue weighted by Crippen LogP contribution is 2.25. The molecule has 1 N–H and O–H groups in total. The Morgan fingerprint density at radius 2 is 1.53 bits per heavy atom. The zero-order chi connectivity index (χ0) is 24.7. The number of piperazine rings is 1. The third-order valence-electron chi connectivity index (χ3n) is 6.60. The van der Waals surface area contributed by atoms with E-state index in [0.717, 1.165) is 40.2 Å². The van der Waals surface area contributed by atoms with E-state index in [0.29, 0.717) is 38.4 Å². The molecule has 3 aromatic carbocycles. The van der Waals surface area contributed by atoms with Crippen molar-refractivity contribution < 1.29 is 9.59 Å². The molecule has 0 saturated carbocycles. The molecule has 1 aliphatic rings. The number of nitrogens with zero attached hydrogens (tertiary/aromatic N) is 3. The van der Waals surface area contributed by atoms with Gasteiger partial charge >= 0.3 is 0 Å². The number of carbonyl (C=O) groups excluding carboxylic acids is 2. The standard InChI is InChI=1S/C29H30N4O2S/c34-27(16-8-11-22-9-2-1-3-10-22)32-17-19-33(20-18-32)28(35)24-13-5-4-12-23(24)21-36-29-30-25-14-6-7-15-26(25)31-29/h1-7,9-10,12-15H,8,11,16-21H2,(H,30,31). The first kappa shape index (κ1) is 24.1. The van der Waals surface area contributed by atoms with Gasteiger partial charge in [-0.15, -0.1) is 0 Å². The average Bonchev–Trinajstić information content (AvgIpc) is 3.35. The zero-order valence-corrected chi connectivity index (χ0v) is 21.0. The van der Waals surface area contributed by atoms with Gasteiger partial charge in [0.05, 0.1) is 11.0 Å². The summed E-state index contributed by atoms with van der Waals surface area (Å²) < 4.78 is 0. The molecule has 0 atom stereocenters. The summed E-state index contributed by atoms with van der Waals surface area (Å²) in [7, 11) is 0. The van der Waals surface area contributed by atoms with Crippen molar-refractivity contribution in [3.05, 3.63) is 95.6 Å². The highest BCUT2D eigenvalue weighted by Gasteiger charge is 2.25. The van der Waals surface area contributed by atoms with E-state index in [1.54, 1.807) is 11.8 Å². The fourth-order valence-corrected chi connectivity index (χ4v) is 5.46. The van der Waals surface area contributed by atoms with E-state index in [1.807, 2.05) is 76.5 Å². The summed E-state index contributed by atoms with van der Waals surface area (Å²) in [5, 5.41) is 0.845. The average molecular weight is 499 g/mol. The molecule has 1 saturated heterocycles. The van der Waals surface area contributed by atoms with Crippen LogP contribution in [-0.4, -0.2) is 57.8 Å². The van der Waals surface area contributed by atoms with Gasteiger partial charge in [-0.1, -0.05) is 72.4 Å². The first-order valence-electron chi connectivity index (χ1n) is 12.4. The van der Waals surface area contributed by atoms with Crippen LogP contribution in [0.1, 0.15) is 34.3 Å². The number of benzene rings is 3. The van der Waals surface area contributed by atoms with Gasteiger partial charge in [0.15, 0.2) is 5.16 Å². The molecular weight excluding hydrogens is 468 g/mol. The van der Waals surface area contributed by atoms with E-state index in [2.05, 4.69) is 22.1 Å². The van der Waals surface area contributed by atoms with Crippen LogP contribution >= 0.6 is 11.8 Å². The Bertz CT molecular complexity index is 1300. The maximum absolute atomic E-state index is 13.4. The second-order valence-electron chi connectivity index (χ2n) is 9.02. The molecule has 0 spiro atoms. The Balaban J connectivity index is 1.13. The first-order chi connectivity index (χ1) is 17.7. The van der Waals surface area contributed by atoms with Crippen LogP contribution in [0.15, 0.2) is 84.0 Å². The summed E-state index contributed by atoms with van der Waals surface area (Å²) in [6.07, 6.45) is 2.30. The Hall–Kier alpha value is -3.58. The number of hydrogen-bond donors (Lipinski definition) is 1. The Labute approximate surface area is 215 Å². The van der Waals surface area contributed by atoms with E-state index < -0.39 is 0 Å². The molecule has 2 heterocycles. The molecule has 1 aliphatic heterocycles. The predicted molar refractivity (Wildman–Crippen MR) is 144 cm³/mol. The molecule has 1 aromatic heterocycles. The number of amides is 2. The number of aromatic amines is 1. The van der Waals surface area contributed by atoms with Gasteiger partial charge in [-0.2, -0.15) is 0 Å². The fourth-order valence-electron chi connectivity index (χ4n) is 4.57. The highest BCUT2D eigenvalue weighted by molar-refractivity contribution is 7.98. The van der Waals surface area contributed by atoms with Gasteiger partial charge in [-0.25, -0.2) is 4.98 Å². The molecule has 0 aliphatic carbocycles. The number of carbonyl (C=O) groups is 2. The van der Waals surface area contributed by atoms with Crippen LogP contribution < -0.4 is 0 Å². The van der Waals surface area contributed by atoms with Crippen LogP contribution in [0, 0.1) is 0 Å². The summed E-state index contributed by atoms with van der Waals surface area (Å²) in [4.78, 5) is 37.8. The first-order valence-corrected chi connectivity index (χ1v) is 13.4. The number of aromatic nitrogens is 2. The normalized spacial score (nSPS) is 13.8. The lowest BCUT2D eigenvalue weighted by molar-refractivity contribution is -0.132.